The third-order valence-electron chi connectivity index (χ3n) is 2.55. The van der Waals surface area contributed by atoms with E-state index in [1.807, 2.05) is 31.2 Å². The van der Waals surface area contributed by atoms with E-state index in [4.69, 9.17) is 5.26 Å². The average Bonchev–Trinajstić information content (AvgIpc) is 2.46. The fourth-order valence-electron chi connectivity index (χ4n) is 1.68. The number of nitrogens with one attached hydrogen (secondary N) is 2. The van der Waals surface area contributed by atoms with E-state index in [2.05, 4.69) is 26.7 Å². The maximum Gasteiger partial charge on any atom is 0.131 e. The van der Waals surface area contributed by atoms with Crippen LogP contribution in [0.5, 0.6) is 0 Å². The van der Waals surface area contributed by atoms with E-state index in [1.165, 1.54) is 6.33 Å². The minimum absolute atomic E-state index is 0.623. The summed E-state index contributed by atoms with van der Waals surface area (Å²) in [4.78, 5) is 8.26. The molecule has 0 amide bonds. The Morgan fingerprint density at radius 1 is 1.16 bits per heavy atom. The van der Waals surface area contributed by atoms with Crippen LogP contribution in [0, 0.1) is 11.3 Å². The highest BCUT2D eigenvalue weighted by atomic mass is 15.1. The number of nitrogens with zero attached hydrogens (tertiary/aromatic N) is 3. The lowest BCUT2D eigenvalue weighted by molar-refractivity contribution is 1.07. The van der Waals surface area contributed by atoms with Gasteiger partial charge in [-0.1, -0.05) is 12.1 Å². The Kier molecular flexibility index (Phi) is 4.29. The lowest BCUT2D eigenvalue weighted by Gasteiger charge is -2.07. The molecule has 0 bridgehead atoms. The molecule has 0 spiro atoms. The number of benzene rings is 1. The molecule has 96 valence electrons. The third-order valence-corrected chi connectivity index (χ3v) is 2.55. The van der Waals surface area contributed by atoms with Crippen LogP contribution in [-0.2, 0) is 6.54 Å². The van der Waals surface area contributed by atoms with Gasteiger partial charge in [0.15, 0.2) is 0 Å². The van der Waals surface area contributed by atoms with Crippen LogP contribution in [0.1, 0.15) is 18.1 Å². The number of aromatic nitrogens is 2. The van der Waals surface area contributed by atoms with Gasteiger partial charge < -0.3 is 10.6 Å². The van der Waals surface area contributed by atoms with Gasteiger partial charge in [0.2, 0.25) is 0 Å². The van der Waals surface area contributed by atoms with E-state index in [-0.39, 0.29) is 0 Å². The Hall–Kier alpha value is -2.61. The van der Waals surface area contributed by atoms with E-state index in [9.17, 15) is 0 Å². The van der Waals surface area contributed by atoms with Crippen LogP contribution >= 0.6 is 0 Å². The first-order valence-corrected chi connectivity index (χ1v) is 6.10. The average molecular weight is 253 g/mol. The molecule has 0 atom stereocenters. The van der Waals surface area contributed by atoms with Gasteiger partial charge in [0.25, 0.3) is 0 Å². The predicted molar refractivity (Wildman–Crippen MR) is 74.7 cm³/mol. The SMILES string of the molecule is CCNc1cc(NCc2cccc(C#N)c2)ncn1. The zero-order valence-electron chi connectivity index (χ0n) is 10.7. The van der Waals surface area contributed by atoms with Crippen molar-refractivity contribution in [1.29, 1.82) is 5.26 Å². The van der Waals surface area contributed by atoms with Crippen LogP contribution in [0.3, 0.4) is 0 Å². The van der Waals surface area contributed by atoms with Crippen LogP contribution in [-0.4, -0.2) is 16.5 Å². The Morgan fingerprint density at radius 3 is 2.68 bits per heavy atom. The Balaban J connectivity index is 2.01. The minimum Gasteiger partial charge on any atom is -0.370 e. The molecular weight excluding hydrogens is 238 g/mol. The van der Waals surface area contributed by atoms with Crippen LogP contribution in [0.15, 0.2) is 36.7 Å². The molecule has 2 rings (SSSR count). The van der Waals surface area contributed by atoms with Crippen LogP contribution in [0.2, 0.25) is 0 Å². The number of hydrogen-bond acceptors (Lipinski definition) is 5. The lowest BCUT2D eigenvalue weighted by atomic mass is 10.1. The molecule has 0 radical (unpaired) electrons. The smallest absolute Gasteiger partial charge is 0.131 e. The molecule has 0 aliphatic carbocycles. The largest absolute Gasteiger partial charge is 0.370 e. The van der Waals surface area contributed by atoms with E-state index >= 15 is 0 Å². The van der Waals surface area contributed by atoms with Gasteiger partial charge in [-0.3, -0.25) is 0 Å². The van der Waals surface area contributed by atoms with Crippen molar-refractivity contribution in [2.24, 2.45) is 0 Å². The molecule has 5 nitrogen and oxygen atoms in total. The van der Waals surface area contributed by atoms with Crippen LogP contribution in [0.25, 0.3) is 0 Å². The van der Waals surface area contributed by atoms with Gasteiger partial charge in [-0.15, -0.1) is 0 Å². The zero-order valence-corrected chi connectivity index (χ0v) is 10.7. The minimum atomic E-state index is 0.623. The molecule has 0 unspecified atom stereocenters. The van der Waals surface area contributed by atoms with Gasteiger partial charge in [-0.2, -0.15) is 5.26 Å². The van der Waals surface area contributed by atoms with Gasteiger partial charge in [-0.05, 0) is 24.6 Å². The predicted octanol–water partition coefficient (Wildman–Crippen LogP) is 2.39. The Bertz CT molecular complexity index is 588. The van der Waals surface area contributed by atoms with Crippen molar-refractivity contribution >= 4 is 11.6 Å². The molecule has 1 heterocycles. The molecule has 5 heteroatoms. The maximum atomic E-state index is 8.84. The Labute approximate surface area is 112 Å². The highest BCUT2D eigenvalue weighted by Crippen LogP contribution is 2.11. The summed E-state index contributed by atoms with van der Waals surface area (Å²) in [6.07, 6.45) is 1.52. The first-order chi connectivity index (χ1) is 9.31. The monoisotopic (exact) mass is 253 g/mol. The van der Waals surface area contributed by atoms with Crippen LogP contribution < -0.4 is 10.6 Å². The molecule has 0 aliphatic heterocycles. The highest BCUT2D eigenvalue weighted by Gasteiger charge is 1.99. The van der Waals surface area contributed by atoms with Gasteiger partial charge in [-0.25, -0.2) is 9.97 Å². The summed E-state index contributed by atoms with van der Waals surface area (Å²) < 4.78 is 0. The van der Waals surface area contributed by atoms with Crippen LogP contribution in [0.4, 0.5) is 11.6 Å². The molecule has 0 aliphatic rings. The number of anilines is 2. The molecular formula is C14H15N5. The van der Waals surface area contributed by atoms with Gasteiger partial charge in [0.1, 0.15) is 18.0 Å². The summed E-state index contributed by atoms with van der Waals surface area (Å²) in [5.41, 5.74) is 1.71. The van der Waals surface area contributed by atoms with E-state index in [0.29, 0.717) is 12.1 Å². The first kappa shape index (κ1) is 12.8. The summed E-state index contributed by atoms with van der Waals surface area (Å²) >= 11 is 0. The molecule has 0 saturated heterocycles. The first-order valence-electron chi connectivity index (χ1n) is 6.10. The van der Waals surface area contributed by atoms with E-state index in [0.717, 1.165) is 23.7 Å². The topological polar surface area (TPSA) is 73.6 Å². The second kappa shape index (κ2) is 6.36. The van der Waals surface area contributed by atoms with Crippen molar-refractivity contribution in [3.63, 3.8) is 0 Å². The summed E-state index contributed by atoms with van der Waals surface area (Å²) in [5, 5.41) is 15.2. The van der Waals surface area contributed by atoms with Crippen molar-refractivity contribution < 1.29 is 0 Å². The maximum absolute atomic E-state index is 8.84. The van der Waals surface area contributed by atoms with Gasteiger partial charge in [0.05, 0.1) is 11.6 Å². The molecule has 1 aromatic carbocycles. The van der Waals surface area contributed by atoms with Crippen molar-refractivity contribution in [3.05, 3.63) is 47.8 Å². The number of nitriles is 1. The molecule has 0 saturated carbocycles. The fraction of sp³-hybridized carbons (Fsp3) is 0.214. The summed E-state index contributed by atoms with van der Waals surface area (Å²) in [6, 6.07) is 11.5. The third kappa shape index (κ3) is 3.68. The van der Waals surface area contributed by atoms with E-state index < -0.39 is 0 Å². The number of hydrogen-bond donors (Lipinski definition) is 2. The van der Waals surface area contributed by atoms with Crippen molar-refractivity contribution in [2.75, 3.05) is 17.2 Å². The summed E-state index contributed by atoms with van der Waals surface area (Å²) in [5.74, 6) is 1.55. The second-order valence-electron chi connectivity index (χ2n) is 3.98. The standard InChI is InChI=1S/C14H15N5/c1-2-16-13-7-14(19-10-18-13)17-9-12-5-3-4-11(6-12)8-15/h3-7,10H,2,9H2,1H3,(H2,16,17,18,19). The highest BCUT2D eigenvalue weighted by molar-refractivity contribution is 5.46. The molecule has 2 N–H and O–H groups in total. The van der Waals surface area contributed by atoms with Crippen molar-refractivity contribution in [3.8, 4) is 6.07 Å². The van der Waals surface area contributed by atoms with Crippen molar-refractivity contribution in [2.45, 2.75) is 13.5 Å². The van der Waals surface area contributed by atoms with Gasteiger partial charge in [0, 0.05) is 19.2 Å². The molecule has 1 aromatic heterocycles. The Morgan fingerprint density at radius 2 is 1.95 bits per heavy atom. The fourth-order valence-corrected chi connectivity index (χ4v) is 1.68. The van der Waals surface area contributed by atoms with Crippen molar-refractivity contribution in [1.82, 2.24) is 9.97 Å². The molecule has 19 heavy (non-hydrogen) atoms. The molecule has 0 fully saturated rings. The summed E-state index contributed by atoms with van der Waals surface area (Å²) in [7, 11) is 0. The summed E-state index contributed by atoms with van der Waals surface area (Å²) in [6.45, 7) is 3.46. The lowest BCUT2D eigenvalue weighted by Crippen LogP contribution is -2.04. The second-order valence-corrected chi connectivity index (χ2v) is 3.98. The normalized spacial score (nSPS) is 9.68. The quantitative estimate of drug-likeness (QED) is 0.855. The van der Waals surface area contributed by atoms with E-state index in [1.54, 1.807) is 6.07 Å². The number of rotatable bonds is 5. The zero-order chi connectivity index (χ0) is 13.5. The molecule has 2 aromatic rings. The van der Waals surface area contributed by atoms with Gasteiger partial charge >= 0.3 is 0 Å².